The van der Waals surface area contributed by atoms with Gasteiger partial charge in [-0.15, -0.1) is 0 Å². The van der Waals surface area contributed by atoms with Crippen molar-refractivity contribution in [2.24, 2.45) is 0 Å². The van der Waals surface area contributed by atoms with Gasteiger partial charge in [-0.05, 0) is 18.2 Å². The topological polar surface area (TPSA) is 81.9 Å². The molecule has 0 saturated heterocycles. The zero-order chi connectivity index (χ0) is 19.6. The molecule has 1 aromatic carbocycles. The van der Waals surface area contributed by atoms with E-state index in [0.29, 0.717) is 33.6 Å². The summed E-state index contributed by atoms with van der Waals surface area (Å²) < 4.78 is 39.8. The van der Waals surface area contributed by atoms with Gasteiger partial charge < -0.3 is 13.9 Å². The first-order valence-corrected chi connectivity index (χ1v) is 10.1. The van der Waals surface area contributed by atoms with Gasteiger partial charge in [0.2, 0.25) is 10.0 Å². The van der Waals surface area contributed by atoms with Gasteiger partial charge in [0, 0.05) is 31.4 Å². The van der Waals surface area contributed by atoms with Gasteiger partial charge >= 0.3 is 0 Å². The number of fused-ring (bicyclic) bond motifs is 1. The molecule has 27 heavy (non-hydrogen) atoms. The number of hydrogen-bond donors (Lipinski definition) is 1. The zero-order valence-corrected chi connectivity index (χ0v) is 16.9. The summed E-state index contributed by atoms with van der Waals surface area (Å²) in [5.74, 6) is 0.653. The number of sulfonamides is 1. The maximum atomic E-state index is 12.6. The van der Waals surface area contributed by atoms with Crippen molar-refractivity contribution in [1.82, 2.24) is 14.1 Å². The number of ether oxygens (including phenoxy) is 2. The lowest BCUT2D eigenvalue weighted by atomic mass is 10.3. The van der Waals surface area contributed by atoms with E-state index in [1.807, 2.05) is 0 Å². The van der Waals surface area contributed by atoms with Crippen LogP contribution in [0.5, 0.6) is 11.5 Å². The van der Waals surface area contributed by atoms with Gasteiger partial charge in [0.25, 0.3) is 0 Å². The van der Waals surface area contributed by atoms with Crippen molar-refractivity contribution in [3.05, 3.63) is 52.4 Å². The van der Waals surface area contributed by atoms with E-state index in [9.17, 15) is 8.42 Å². The van der Waals surface area contributed by atoms with Gasteiger partial charge in [-0.1, -0.05) is 23.2 Å². The van der Waals surface area contributed by atoms with Crippen LogP contribution < -0.4 is 14.2 Å². The lowest BCUT2D eigenvalue weighted by Gasteiger charge is -2.11. The molecule has 0 fully saturated rings. The lowest BCUT2D eigenvalue weighted by molar-refractivity contribution is 0.392. The van der Waals surface area contributed by atoms with Crippen molar-refractivity contribution >= 4 is 38.9 Å². The minimum Gasteiger partial charge on any atom is -0.497 e. The molecule has 0 amide bonds. The molecular formula is C17H17Cl2N3O4S. The molecule has 0 aliphatic heterocycles. The molecule has 0 radical (unpaired) electrons. The Morgan fingerprint density at radius 1 is 1.15 bits per heavy atom. The van der Waals surface area contributed by atoms with E-state index in [1.165, 1.54) is 20.3 Å². The van der Waals surface area contributed by atoms with E-state index >= 15 is 0 Å². The van der Waals surface area contributed by atoms with E-state index in [4.69, 9.17) is 32.7 Å². The molecule has 3 rings (SSSR count). The lowest BCUT2D eigenvalue weighted by Crippen LogP contribution is -2.26. The standard InChI is InChI=1S/C17H17Cl2N3O4S/c1-25-13-3-4-15(26-2)16(8-13)27(23,24)20-6-5-12-10-22-9-11(18)7-14(19)17(22)21-12/h3-4,7-10,20H,5-6H2,1-2H3. The fourth-order valence-corrected chi connectivity index (χ4v) is 4.32. The van der Waals surface area contributed by atoms with Crippen LogP contribution in [0, 0.1) is 0 Å². The molecule has 7 nitrogen and oxygen atoms in total. The summed E-state index contributed by atoms with van der Waals surface area (Å²) in [6.45, 7) is 0.151. The summed E-state index contributed by atoms with van der Waals surface area (Å²) in [5, 5.41) is 0.915. The number of nitrogens with zero attached hydrogens (tertiary/aromatic N) is 2. The van der Waals surface area contributed by atoms with Gasteiger partial charge in [-0.2, -0.15) is 0 Å². The maximum Gasteiger partial charge on any atom is 0.244 e. The number of aromatic nitrogens is 2. The normalized spacial score (nSPS) is 11.7. The van der Waals surface area contributed by atoms with Crippen LogP contribution in [0.2, 0.25) is 10.0 Å². The first kappa shape index (κ1) is 19.8. The molecule has 0 spiro atoms. The Morgan fingerprint density at radius 2 is 1.93 bits per heavy atom. The van der Waals surface area contributed by atoms with Crippen LogP contribution in [0.1, 0.15) is 5.69 Å². The number of pyridine rings is 1. The van der Waals surface area contributed by atoms with Crippen molar-refractivity contribution in [3.63, 3.8) is 0 Å². The highest BCUT2D eigenvalue weighted by Gasteiger charge is 2.20. The van der Waals surface area contributed by atoms with E-state index in [1.54, 1.807) is 35.0 Å². The highest BCUT2D eigenvalue weighted by atomic mass is 35.5. The summed E-state index contributed by atoms with van der Waals surface area (Å²) in [5.41, 5.74) is 1.24. The van der Waals surface area contributed by atoms with E-state index in [0.717, 1.165) is 0 Å². The van der Waals surface area contributed by atoms with Crippen molar-refractivity contribution in [3.8, 4) is 11.5 Å². The molecule has 144 valence electrons. The highest BCUT2D eigenvalue weighted by Crippen LogP contribution is 2.28. The van der Waals surface area contributed by atoms with Gasteiger partial charge in [0.15, 0.2) is 5.65 Å². The average molecular weight is 430 g/mol. The first-order chi connectivity index (χ1) is 12.8. The molecule has 0 bridgehead atoms. The SMILES string of the molecule is COc1ccc(OC)c(S(=O)(=O)NCCc2cn3cc(Cl)cc(Cl)c3n2)c1. The van der Waals surface area contributed by atoms with Crippen molar-refractivity contribution in [2.45, 2.75) is 11.3 Å². The summed E-state index contributed by atoms with van der Waals surface area (Å²) in [6, 6.07) is 6.19. The molecule has 0 aliphatic carbocycles. The van der Waals surface area contributed by atoms with Crippen LogP contribution in [0.3, 0.4) is 0 Å². The van der Waals surface area contributed by atoms with Crippen LogP contribution in [-0.2, 0) is 16.4 Å². The maximum absolute atomic E-state index is 12.6. The molecule has 0 atom stereocenters. The third-order valence-corrected chi connectivity index (χ3v) is 5.82. The largest absolute Gasteiger partial charge is 0.497 e. The Hall–Kier alpha value is -2.00. The van der Waals surface area contributed by atoms with Gasteiger partial charge in [-0.25, -0.2) is 18.1 Å². The number of imidazole rings is 1. The van der Waals surface area contributed by atoms with Crippen LogP contribution in [0.25, 0.3) is 5.65 Å². The number of rotatable bonds is 7. The van der Waals surface area contributed by atoms with E-state index in [2.05, 4.69) is 9.71 Å². The molecule has 0 aliphatic rings. The van der Waals surface area contributed by atoms with Crippen LogP contribution >= 0.6 is 23.2 Å². The number of halogens is 2. The molecular weight excluding hydrogens is 413 g/mol. The van der Waals surface area contributed by atoms with Gasteiger partial charge in [0.1, 0.15) is 16.4 Å². The molecule has 0 saturated carbocycles. The first-order valence-electron chi connectivity index (χ1n) is 7.88. The zero-order valence-electron chi connectivity index (χ0n) is 14.6. The molecule has 2 aromatic heterocycles. The number of methoxy groups -OCH3 is 2. The van der Waals surface area contributed by atoms with Gasteiger partial charge in [-0.3, -0.25) is 0 Å². The monoisotopic (exact) mass is 429 g/mol. The Balaban J connectivity index is 1.76. The minimum absolute atomic E-state index is 0.00850. The quantitative estimate of drug-likeness (QED) is 0.623. The third kappa shape index (κ3) is 4.30. The van der Waals surface area contributed by atoms with Crippen LogP contribution in [-0.4, -0.2) is 38.6 Å². The fraction of sp³-hybridized carbons (Fsp3) is 0.235. The number of hydrogen-bond acceptors (Lipinski definition) is 5. The summed E-state index contributed by atoms with van der Waals surface area (Å²) in [6.07, 6.45) is 3.82. The number of benzene rings is 1. The Kier molecular flexibility index (Phi) is 5.81. The Labute approximate surface area is 166 Å². The number of nitrogens with one attached hydrogen (secondary N) is 1. The van der Waals surface area contributed by atoms with Crippen molar-refractivity contribution in [2.75, 3.05) is 20.8 Å². The Bertz CT molecular complexity index is 1080. The molecule has 10 heteroatoms. The summed E-state index contributed by atoms with van der Waals surface area (Å²) >= 11 is 12.1. The molecule has 3 aromatic rings. The molecule has 1 N–H and O–H groups in total. The second-order valence-corrected chi connectivity index (χ2v) is 8.21. The fourth-order valence-electron chi connectivity index (χ4n) is 2.58. The average Bonchev–Trinajstić information content (AvgIpc) is 3.04. The summed E-state index contributed by atoms with van der Waals surface area (Å²) in [7, 11) is -0.914. The van der Waals surface area contributed by atoms with E-state index in [-0.39, 0.29) is 17.2 Å². The van der Waals surface area contributed by atoms with Crippen molar-refractivity contribution < 1.29 is 17.9 Å². The predicted octanol–water partition coefficient (Wildman–Crippen LogP) is 3.18. The summed E-state index contributed by atoms with van der Waals surface area (Å²) in [4.78, 5) is 4.41. The molecule has 0 unspecified atom stereocenters. The Morgan fingerprint density at radius 3 is 2.63 bits per heavy atom. The van der Waals surface area contributed by atoms with E-state index < -0.39 is 10.0 Å². The minimum atomic E-state index is -3.79. The second kappa shape index (κ2) is 7.93. The van der Waals surface area contributed by atoms with Crippen LogP contribution in [0.15, 0.2) is 41.6 Å². The third-order valence-electron chi connectivity index (χ3n) is 3.86. The predicted molar refractivity (Wildman–Crippen MR) is 104 cm³/mol. The highest BCUT2D eigenvalue weighted by molar-refractivity contribution is 7.89. The van der Waals surface area contributed by atoms with Crippen molar-refractivity contribution in [1.29, 1.82) is 0 Å². The van der Waals surface area contributed by atoms with Gasteiger partial charge in [0.05, 0.1) is 30.0 Å². The smallest absolute Gasteiger partial charge is 0.244 e. The molecule has 2 heterocycles. The van der Waals surface area contributed by atoms with Crippen LogP contribution in [0.4, 0.5) is 0 Å². The second-order valence-electron chi connectivity index (χ2n) is 5.63.